The van der Waals surface area contributed by atoms with E-state index in [0.29, 0.717) is 11.1 Å². The molecule has 0 unspecified atom stereocenters. The van der Waals surface area contributed by atoms with E-state index >= 15 is 0 Å². The van der Waals surface area contributed by atoms with Crippen LogP contribution in [0.3, 0.4) is 0 Å². The first-order valence-electron chi connectivity index (χ1n) is 6.22. The molecule has 1 aliphatic rings. The minimum atomic E-state index is -0.259. The molecule has 2 aromatic rings. The van der Waals surface area contributed by atoms with Crippen molar-refractivity contribution < 1.29 is 9.15 Å². The normalized spacial score (nSPS) is 17.9. The third-order valence-electron chi connectivity index (χ3n) is 3.83. The van der Waals surface area contributed by atoms with Crippen molar-refractivity contribution in [1.82, 2.24) is 0 Å². The van der Waals surface area contributed by atoms with E-state index in [1.807, 2.05) is 19.9 Å². The summed E-state index contributed by atoms with van der Waals surface area (Å²) in [6.07, 6.45) is 1.12. The Labute approximate surface area is 105 Å². The van der Waals surface area contributed by atoms with Crippen LogP contribution >= 0.6 is 0 Å². The van der Waals surface area contributed by atoms with Gasteiger partial charge >= 0.3 is 5.63 Å². The average molecular weight is 244 g/mol. The van der Waals surface area contributed by atoms with Crippen LogP contribution in [0.1, 0.15) is 29.2 Å². The van der Waals surface area contributed by atoms with E-state index in [0.717, 1.165) is 28.7 Å². The molecule has 18 heavy (non-hydrogen) atoms. The lowest BCUT2D eigenvalue weighted by Gasteiger charge is -2.11. The van der Waals surface area contributed by atoms with Crippen LogP contribution in [-0.2, 0) is 6.42 Å². The Morgan fingerprint density at radius 3 is 2.67 bits per heavy atom. The summed E-state index contributed by atoms with van der Waals surface area (Å²) in [5.41, 5.74) is 4.38. The lowest BCUT2D eigenvalue weighted by Crippen LogP contribution is -2.07. The van der Waals surface area contributed by atoms with Gasteiger partial charge in [0.15, 0.2) is 0 Å². The van der Waals surface area contributed by atoms with Crippen molar-refractivity contribution in [2.24, 2.45) is 0 Å². The Morgan fingerprint density at radius 2 is 1.94 bits per heavy atom. The van der Waals surface area contributed by atoms with Gasteiger partial charge in [-0.15, -0.1) is 0 Å². The minimum Gasteiger partial charge on any atom is -0.489 e. The summed E-state index contributed by atoms with van der Waals surface area (Å²) in [5, 5.41) is 0.956. The molecule has 0 aliphatic carbocycles. The van der Waals surface area contributed by atoms with Gasteiger partial charge in [-0.2, -0.15) is 0 Å². The second-order valence-electron chi connectivity index (χ2n) is 5.15. The zero-order chi connectivity index (χ0) is 13.0. The Morgan fingerprint density at radius 1 is 1.22 bits per heavy atom. The number of rotatable bonds is 0. The molecule has 3 rings (SSSR count). The molecule has 0 spiro atoms. The van der Waals surface area contributed by atoms with Crippen LogP contribution in [0.25, 0.3) is 11.0 Å². The number of aryl methyl sites for hydroxylation is 2. The number of hydrogen-bond donors (Lipinski definition) is 0. The molecule has 94 valence electrons. The zero-order valence-electron chi connectivity index (χ0n) is 11.1. The van der Waals surface area contributed by atoms with Crippen molar-refractivity contribution in [3.8, 4) is 5.75 Å². The fourth-order valence-electron chi connectivity index (χ4n) is 2.66. The first kappa shape index (κ1) is 11.3. The highest BCUT2D eigenvalue weighted by Crippen LogP contribution is 2.40. The quantitative estimate of drug-likeness (QED) is 0.669. The van der Waals surface area contributed by atoms with Gasteiger partial charge in [0.1, 0.15) is 17.4 Å². The second-order valence-corrected chi connectivity index (χ2v) is 5.15. The van der Waals surface area contributed by atoms with Crippen molar-refractivity contribution in [1.29, 1.82) is 0 Å². The predicted molar refractivity (Wildman–Crippen MR) is 70.5 cm³/mol. The maximum atomic E-state index is 11.7. The van der Waals surface area contributed by atoms with Gasteiger partial charge < -0.3 is 9.15 Å². The molecule has 1 aromatic carbocycles. The van der Waals surface area contributed by atoms with Gasteiger partial charge in [0, 0.05) is 17.5 Å². The topological polar surface area (TPSA) is 39.4 Å². The molecule has 0 saturated heterocycles. The number of hydrogen-bond acceptors (Lipinski definition) is 3. The molecule has 3 heteroatoms. The Balaban J connectivity index is 2.49. The Kier molecular flexibility index (Phi) is 2.27. The second kappa shape index (κ2) is 3.61. The lowest BCUT2D eigenvalue weighted by molar-refractivity contribution is 0.257. The van der Waals surface area contributed by atoms with Crippen LogP contribution in [0.5, 0.6) is 5.75 Å². The third kappa shape index (κ3) is 1.40. The SMILES string of the molecule is Cc1cc2oc(=O)c(C)c(C)c2c2c1C[C@@H](C)O2. The van der Waals surface area contributed by atoms with Crippen molar-refractivity contribution >= 4 is 11.0 Å². The standard InChI is InChI=1S/C15H16O3/c1-7-5-12-13(9(3)10(4)15(16)18-12)14-11(7)6-8(2)17-14/h5,8H,6H2,1-4H3/t8-/m1/s1. The molecule has 0 fully saturated rings. The first-order chi connectivity index (χ1) is 8.49. The van der Waals surface area contributed by atoms with Gasteiger partial charge in [-0.1, -0.05) is 0 Å². The van der Waals surface area contributed by atoms with Gasteiger partial charge in [-0.25, -0.2) is 4.79 Å². The molecule has 0 bridgehead atoms. The third-order valence-corrected chi connectivity index (χ3v) is 3.83. The van der Waals surface area contributed by atoms with Crippen molar-refractivity contribution in [3.63, 3.8) is 0 Å². The first-order valence-corrected chi connectivity index (χ1v) is 6.22. The molecule has 2 heterocycles. The van der Waals surface area contributed by atoms with Crippen LogP contribution in [-0.4, -0.2) is 6.10 Å². The van der Waals surface area contributed by atoms with E-state index in [1.54, 1.807) is 6.92 Å². The Hall–Kier alpha value is -1.77. The summed E-state index contributed by atoms with van der Waals surface area (Å²) in [4.78, 5) is 11.7. The van der Waals surface area contributed by atoms with Gasteiger partial charge in [0.05, 0.1) is 5.39 Å². The number of benzene rings is 1. The molecule has 1 aliphatic heterocycles. The fraction of sp³-hybridized carbons (Fsp3) is 0.400. The van der Waals surface area contributed by atoms with E-state index in [4.69, 9.17) is 9.15 Å². The molecule has 3 nitrogen and oxygen atoms in total. The van der Waals surface area contributed by atoms with E-state index in [-0.39, 0.29) is 11.7 Å². The molecule has 1 atom stereocenters. The van der Waals surface area contributed by atoms with Crippen LogP contribution < -0.4 is 10.4 Å². The van der Waals surface area contributed by atoms with Crippen molar-refractivity contribution in [3.05, 3.63) is 38.7 Å². The highest BCUT2D eigenvalue weighted by Gasteiger charge is 2.26. The molecule has 0 N–H and O–H groups in total. The fourth-order valence-corrected chi connectivity index (χ4v) is 2.66. The molecule has 0 radical (unpaired) electrons. The predicted octanol–water partition coefficient (Wildman–Crippen LogP) is 3.04. The Bertz CT molecular complexity index is 710. The van der Waals surface area contributed by atoms with E-state index in [1.165, 1.54) is 5.56 Å². The maximum absolute atomic E-state index is 11.7. The molecule has 0 amide bonds. The van der Waals surface area contributed by atoms with Gasteiger partial charge in [-0.3, -0.25) is 0 Å². The summed E-state index contributed by atoms with van der Waals surface area (Å²) in [7, 11) is 0. The number of fused-ring (bicyclic) bond motifs is 3. The van der Waals surface area contributed by atoms with Crippen LogP contribution in [0, 0.1) is 20.8 Å². The average Bonchev–Trinajstić information content (AvgIpc) is 2.68. The summed E-state index contributed by atoms with van der Waals surface area (Å²) < 4.78 is 11.3. The van der Waals surface area contributed by atoms with E-state index < -0.39 is 0 Å². The van der Waals surface area contributed by atoms with Crippen molar-refractivity contribution in [2.45, 2.75) is 40.2 Å². The van der Waals surface area contributed by atoms with Crippen molar-refractivity contribution in [2.75, 3.05) is 0 Å². The highest BCUT2D eigenvalue weighted by molar-refractivity contribution is 5.90. The zero-order valence-corrected chi connectivity index (χ0v) is 11.1. The molecule has 0 saturated carbocycles. The van der Waals surface area contributed by atoms with Gasteiger partial charge in [0.2, 0.25) is 0 Å². The molecule has 1 aromatic heterocycles. The molecular weight excluding hydrogens is 228 g/mol. The monoisotopic (exact) mass is 244 g/mol. The summed E-state index contributed by atoms with van der Waals surface area (Å²) in [6.45, 7) is 7.85. The smallest absolute Gasteiger partial charge is 0.339 e. The van der Waals surface area contributed by atoms with Crippen LogP contribution in [0.2, 0.25) is 0 Å². The van der Waals surface area contributed by atoms with Crippen LogP contribution in [0.15, 0.2) is 15.3 Å². The summed E-state index contributed by atoms with van der Waals surface area (Å²) in [6, 6.07) is 1.95. The maximum Gasteiger partial charge on any atom is 0.339 e. The van der Waals surface area contributed by atoms with Gasteiger partial charge in [0.25, 0.3) is 0 Å². The summed E-state index contributed by atoms with van der Waals surface area (Å²) >= 11 is 0. The van der Waals surface area contributed by atoms with E-state index in [2.05, 4.69) is 6.92 Å². The van der Waals surface area contributed by atoms with Crippen LogP contribution in [0.4, 0.5) is 0 Å². The summed E-state index contributed by atoms with van der Waals surface area (Å²) in [5.74, 6) is 0.904. The molecular formula is C15H16O3. The number of ether oxygens (including phenoxy) is 1. The largest absolute Gasteiger partial charge is 0.489 e. The highest BCUT2D eigenvalue weighted by atomic mass is 16.5. The lowest BCUT2D eigenvalue weighted by atomic mass is 9.98. The van der Waals surface area contributed by atoms with E-state index in [9.17, 15) is 4.79 Å². The minimum absolute atomic E-state index is 0.191. The van der Waals surface area contributed by atoms with Gasteiger partial charge in [-0.05, 0) is 44.9 Å².